The highest BCUT2D eigenvalue weighted by Gasteiger charge is 2.52. The normalized spacial score (nSPS) is 17.5. The van der Waals surface area contributed by atoms with Gasteiger partial charge in [0.2, 0.25) is 0 Å². The molecule has 4 saturated heterocycles. The Hall–Kier alpha value is -6.75. The van der Waals surface area contributed by atoms with Crippen molar-refractivity contribution in [1.82, 2.24) is 45.0 Å². The highest BCUT2D eigenvalue weighted by atomic mass is 79.9. The van der Waals surface area contributed by atoms with E-state index in [1.807, 2.05) is 94.8 Å². The van der Waals surface area contributed by atoms with Gasteiger partial charge in [-0.3, -0.25) is 15.0 Å². The van der Waals surface area contributed by atoms with Gasteiger partial charge in [0.25, 0.3) is 0 Å². The van der Waals surface area contributed by atoms with Gasteiger partial charge in [0, 0.05) is 133 Å². The molecule has 7 aliphatic rings. The number of hydrogen-bond donors (Lipinski definition) is 1. The number of nitrogens with zero attached hydrogens (tertiary/aromatic N) is 8. The van der Waals surface area contributed by atoms with E-state index in [9.17, 15) is 9.59 Å². The van der Waals surface area contributed by atoms with Crippen molar-refractivity contribution >= 4 is 86.4 Å². The van der Waals surface area contributed by atoms with Crippen LogP contribution in [0.15, 0.2) is 133 Å². The number of amides is 2. The van der Waals surface area contributed by atoms with Crippen LogP contribution in [-0.4, -0.2) is 121 Å². The van der Waals surface area contributed by atoms with E-state index in [2.05, 4.69) is 160 Å². The third kappa shape index (κ3) is 15.7. The number of carbonyl (C=O) groups is 2. The fourth-order valence-corrected chi connectivity index (χ4v) is 17.4. The maximum absolute atomic E-state index is 12.3. The number of pyridine rings is 3. The molecular formula is C76H86BBrClN9O6S3. The number of nitrogens with one attached hydrogen (secondary N) is 1. The van der Waals surface area contributed by atoms with Crippen LogP contribution < -0.4 is 10.1 Å². The number of ether oxygens (including phenoxy) is 2. The Kier molecular flexibility index (Phi) is 21.1. The number of likely N-dealkylation sites (tertiary alicyclic amines) is 2. The lowest BCUT2D eigenvalue weighted by molar-refractivity contribution is 0.00578. The molecule has 1 N–H and O–H groups in total. The zero-order valence-corrected chi connectivity index (χ0v) is 61.9. The Morgan fingerprint density at radius 1 is 0.505 bits per heavy atom. The van der Waals surface area contributed by atoms with E-state index in [1.165, 1.54) is 100 Å². The van der Waals surface area contributed by atoms with Gasteiger partial charge in [-0.2, -0.15) is 0 Å². The first-order valence-electron chi connectivity index (χ1n) is 33.8. The van der Waals surface area contributed by atoms with Crippen LogP contribution in [0, 0.1) is 0 Å². The smallest absolute Gasteiger partial charge is 0.444 e. The van der Waals surface area contributed by atoms with Crippen LogP contribution in [0.2, 0.25) is 0 Å². The third-order valence-corrected chi connectivity index (χ3v) is 23.5. The Labute approximate surface area is 597 Å². The molecule has 16 rings (SSSR count). The summed E-state index contributed by atoms with van der Waals surface area (Å²) in [6, 6.07) is 32.0. The molecule has 0 bridgehead atoms. The number of aromatic nitrogens is 6. The van der Waals surface area contributed by atoms with E-state index in [0.717, 1.165) is 83.0 Å². The number of benzene rings is 3. The minimum absolute atomic E-state index is 0. The molecule has 10 heterocycles. The number of hydrogen-bond acceptors (Lipinski definition) is 16. The van der Waals surface area contributed by atoms with Gasteiger partial charge in [0.1, 0.15) is 11.2 Å². The molecule has 2 amide bonds. The Balaban J connectivity index is 0.000000126. The van der Waals surface area contributed by atoms with Gasteiger partial charge < -0.3 is 33.9 Å². The molecule has 0 atom stereocenters. The van der Waals surface area contributed by atoms with Crippen molar-refractivity contribution in [2.24, 2.45) is 0 Å². The summed E-state index contributed by atoms with van der Waals surface area (Å²) < 4.78 is 25.4. The van der Waals surface area contributed by atoms with Gasteiger partial charge in [-0.1, -0.05) is 88.7 Å². The van der Waals surface area contributed by atoms with Crippen molar-refractivity contribution in [3.05, 3.63) is 181 Å². The monoisotopic (exact) mass is 1440 g/mol. The first kappa shape index (κ1) is 70.1. The van der Waals surface area contributed by atoms with Crippen LogP contribution in [0.5, 0.6) is 0 Å². The second-order valence-corrected chi connectivity index (χ2v) is 32.9. The van der Waals surface area contributed by atoms with Crippen LogP contribution in [0.3, 0.4) is 0 Å². The molecule has 4 fully saturated rings. The number of carbonyl (C=O) groups excluding carboxylic acids is 2. The van der Waals surface area contributed by atoms with E-state index >= 15 is 0 Å². The predicted molar refractivity (Wildman–Crippen MR) is 397 cm³/mol. The Morgan fingerprint density at radius 2 is 0.876 bits per heavy atom. The van der Waals surface area contributed by atoms with Crippen molar-refractivity contribution in [2.45, 2.75) is 167 Å². The molecular weight excluding hydrogens is 1360 g/mol. The summed E-state index contributed by atoms with van der Waals surface area (Å²) in [7, 11) is -0.358. The van der Waals surface area contributed by atoms with Gasteiger partial charge in [-0.05, 0) is 172 Å². The summed E-state index contributed by atoms with van der Waals surface area (Å²) in [5.74, 6) is 1.37. The Bertz CT molecular complexity index is 4280. The number of thiazole rings is 3. The molecule has 3 aromatic carbocycles. The zero-order valence-electron chi connectivity index (χ0n) is 57.1. The summed E-state index contributed by atoms with van der Waals surface area (Å²) in [5, 5.41) is 6.99. The molecule has 97 heavy (non-hydrogen) atoms. The molecule has 21 heteroatoms. The highest BCUT2D eigenvalue weighted by molar-refractivity contribution is 9.10. The number of fused-ring (bicyclic) bond motifs is 9. The average Bonchev–Trinajstić information content (AvgIpc) is 1.65. The van der Waals surface area contributed by atoms with Gasteiger partial charge in [-0.25, -0.2) is 24.5 Å². The summed E-state index contributed by atoms with van der Waals surface area (Å²) >= 11 is 8.88. The summed E-state index contributed by atoms with van der Waals surface area (Å²) in [5.41, 5.74) is 16.3. The van der Waals surface area contributed by atoms with Crippen molar-refractivity contribution in [3.8, 4) is 54.3 Å². The molecule has 9 aromatic rings. The number of halogens is 2. The molecule has 3 aliphatic carbocycles. The molecule has 0 radical (unpaired) electrons. The fraction of sp³-hybridized carbons (Fsp3) is 0.421. The van der Waals surface area contributed by atoms with Crippen LogP contribution in [0.1, 0.15) is 174 Å². The molecule has 0 unspecified atom stereocenters. The van der Waals surface area contributed by atoms with E-state index < -0.39 is 11.2 Å². The van der Waals surface area contributed by atoms with Gasteiger partial charge in [0.15, 0.2) is 0 Å². The maximum atomic E-state index is 12.3. The lowest BCUT2D eigenvalue weighted by Gasteiger charge is -2.32. The van der Waals surface area contributed by atoms with Crippen LogP contribution in [0.25, 0.3) is 54.3 Å². The standard InChI is InChI=1S/C25H27N3O2S.C20H19N3S.C19H31BN2O4S.C12H8BrN.ClH/c1-25(2,3)30-24(29)28-12-9-16(10-13-28)23-27-15-21(31-23)19-8-11-26-20-14-17-6-4-5-7-18(17)22(19)20;1-2-4-15-14(3-1)11-17-19(15)16(7-10-22-17)18-12-23-20(24-18)13-5-8-21-9-6-13;1-17(2,3)24-16(23)22-10-8-13(9-11-22)15-21-12-14(27-15)20-25-18(4,5)19(6,7)26-20;13-10-5-6-14-11-7-8-3-1-2-4-9(8)12(10)11;/h4-8,11,15-16H,9-10,12-14H2,1-3H3;1-4,7,10,12-13,21H,5-6,8-9,11H2;12-13H,8-11H2,1-7H3;1-6H,7H2;1H. The first-order chi connectivity index (χ1) is 46.0. The molecule has 15 nitrogen and oxygen atoms in total. The fourth-order valence-electron chi connectivity index (χ4n) is 13.6. The summed E-state index contributed by atoms with van der Waals surface area (Å²) in [6.07, 6.45) is 20.1. The molecule has 506 valence electrons. The van der Waals surface area contributed by atoms with Crippen LogP contribution >= 0.6 is 62.3 Å². The Morgan fingerprint density at radius 3 is 1.31 bits per heavy atom. The largest absolute Gasteiger partial charge is 0.507 e. The van der Waals surface area contributed by atoms with Gasteiger partial charge >= 0.3 is 19.3 Å². The van der Waals surface area contributed by atoms with E-state index in [-0.39, 0.29) is 42.9 Å². The number of piperidine rings is 3. The van der Waals surface area contributed by atoms with Crippen molar-refractivity contribution in [1.29, 1.82) is 0 Å². The van der Waals surface area contributed by atoms with Crippen molar-refractivity contribution in [2.75, 3.05) is 39.3 Å². The summed E-state index contributed by atoms with van der Waals surface area (Å²) in [6.45, 7) is 24.7. The lowest BCUT2D eigenvalue weighted by Crippen LogP contribution is -2.41. The lowest BCUT2D eigenvalue weighted by atomic mass is 9.89. The summed E-state index contributed by atoms with van der Waals surface area (Å²) in [4.78, 5) is 58.5. The molecule has 6 aromatic heterocycles. The second kappa shape index (κ2) is 29.2. The average molecular weight is 1440 g/mol. The van der Waals surface area contributed by atoms with Crippen molar-refractivity contribution < 1.29 is 28.4 Å². The van der Waals surface area contributed by atoms with Crippen molar-refractivity contribution in [3.63, 3.8) is 0 Å². The zero-order chi connectivity index (χ0) is 67.1. The van der Waals surface area contributed by atoms with Crippen LogP contribution in [0.4, 0.5) is 9.59 Å². The highest BCUT2D eigenvalue weighted by Crippen LogP contribution is 2.47. The van der Waals surface area contributed by atoms with Gasteiger partial charge in [-0.15, -0.1) is 46.4 Å². The minimum Gasteiger partial charge on any atom is -0.444 e. The van der Waals surface area contributed by atoms with E-state index in [1.54, 1.807) is 27.6 Å². The number of rotatable bonds is 6. The second-order valence-electron chi connectivity index (χ2n) is 28.8. The first-order valence-corrected chi connectivity index (χ1v) is 37.0. The third-order valence-electron chi connectivity index (χ3n) is 19.3. The minimum atomic E-state index is -0.457. The van der Waals surface area contributed by atoms with Gasteiger partial charge in [0.05, 0.1) is 57.8 Å². The molecule has 0 saturated carbocycles. The SMILES string of the molecule is Brc1ccnc2c1-c1ccccc1C2.CC(C)(C)OC(=O)N1CCC(c2ncc(-c3ccnc4c3-c3ccccc3C4)s2)CC1.CC(C)(C)OC(=O)N1CCC(c2ncc(B3OC(C)(C)C(C)(C)O3)s2)CC1.Cl.c1ccc2c(c1)Cc1nccc(-c3cnc(C4CCNCC4)s3)c1-2. The molecule has 4 aliphatic heterocycles. The quantitative estimate of drug-likeness (QED) is 0.156. The maximum Gasteiger partial charge on any atom is 0.507 e. The predicted octanol–water partition coefficient (Wildman–Crippen LogP) is 17.5. The van der Waals surface area contributed by atoms with E-state index in [0.29, 0.717) is 43.9 Å². The topological polar surface area (TPSA) is 167 Å². The molecule has 0 spiro atoms. The van der Waals surface area contributed by atoms with Crippen LogP contribution in [-0.2, 0) is 38.0 Å². The van der Waals surface area contributed by atoms with E-state index in [4.69, 9.17) is 28.8 Å².